The summed E-state index contributed by atoms with van der Waals surface area (Å²) in [5.41, 5.74) is 3.77. The molecule has 1 aliphatic carbocycles. The zero-order chi connectivity index (χ0) is 29.2. The Morgan fingerprint density at radius 3 is 2.76 bits per heavy atom. The quantitative estimate of drug-likeness (QED) is 0.509. The highest BCUT2D eigenvalue weighted by atomic mass is 35.5. The van der Waals surface area contributed by atoms with E-state index in [0.717, 1.165) is 74.3 Å². The molecule has 2 atom stereocenters. The van der Waals surface area contributed by atoms with Gasteiger partial charge in [0.15, 0.2) is 0 Å². The van der Waals surface area contributed by atoms with E-state index < -0.39 is 21.8 Å². The van der Waals surface area contributed by atoms with Gasteiger partial charge in [0.05, 0.1) is 24.5 Å². The van der Waals surface area contributed by atoms with Gasteiger partial charge in [0.1, 0.15) is 5.75 Å². The molecule has 41 heavy (non-hydrogen) atoms. The van der Waals surface area contributed by atoms with Crippen LogP contribution in [-0.2, 0) is 31.4 Å². The molecule has 0 unspecified atom stereocenters. The molecule has 0 fully saturated rings. The van der Waals surface area contributed by atoms with Crippen LogP contribution in [0.2, 0.25) is 5.02 Å². The number of sulfonamides is 1. The van der Waals surface area contributed by atoms with Crippen molar-refractivity contribution in [3.8, 4) is 5.75 Å². The SMILES string of the molecule is CN1C/C=C/CCCCN2C[C@@]3(CCCc4cc(Cl)ccc43)COc3ccc(cc32)[C@H](C(=O)NS(C)(=O)=O)CC1=O. The Morgan fingerprint density at radius 1 is 1.12 bits per heavy atom. The van der Waals surface area contributed by atoms with Gasteiger partial charge in [0, 0.05) is 43.5 Å². The first-order valence-corrected chi connectivity index (χ1v) is 16.5. The monoisotopic (exact) mass is 599 g/mol. The van der Waals surface area contributed by atoms with Crippen molar-refractivity contribution in [1.82, 2.24) is 9.62 Å². The predicted octanol–water partition coefficient (Wildman–Crippen LogP) is 4.56. The minimum atomic E-state index is -3.81. The minimum absolute atomic E-state index is 0.149. The van der Waals surface area contributed by atoms with E-state index >= 15 is 0 Å². The number of amides is 2. The van der Waals surface area contributed by atoms with Crippen molar-refractivity contribution in [3.63, 3.8) is 0 Å². The number of nitrogens with zero attached hydrogens (tertiary/aromatic N) is 2. The van der Waals surface area contributed by atoms with Crippen LogP contribution in [0.3, 0.4) is 0 Å². The number of hydrogen-bond acceptors (Lipinski definition) is 6. The third-order valence-corrected chi connectivity index (χ3v) is 9.27. The molecule has 0 saturated heterocycles. The summed E-state index contributed by atoms with van der Waals surface area (Å²) < 4.78 is 32.6. The van der Waals surface area contributed by atoms with Crippen LogP contribution in [0.15, 0.2) is 48.6 Å². The molecular weight excluding hydrogens is 562 g/mol. The molecule has 10 heteroatoms. The van der Waals surface area contributed by atoms with Crippen LogP contribution >= 0.6 is 11.6 Å². The summed E-state index contributed by atoms with van der Waals surface area (Å²) in [6.45, 7) is 2.50. The van der Waals surface area contributed by atoms with Crippen molar-refractivity contribution >= 4 is 39.1 Å². The zero-order valence-corrected chi connectivity index (χ0v) is 25.3. The number of fused-ring (bicyclic) bond motifs is 3. The van der Waals surface area contributed by atoms with E-state index in [9.17, 15) is 18.0 Å². The van der Waals surface area contributed by atoms with Gasteiger partial charge in [-0.1, -0.05) is 35.9 Å². The Morgan fingerprint density at radius 2 is 1.95 bits per heavy atom. The van der Waals surface area contributed by atoms with Gasteiger partial charge in [-0.25, -0.2) is 8.42 Å². The molecule has 2 aliphatic heterocycles. The van der Waals surface area contributed by atoms with E-state index in [1.165, 1.54) is 11.1 Å². The molecule has 2 aromatic carbocycles. The molecule has 0 radical (unpaired) electrons. The molecule has 2 amide bonds. The van der Waals surface area contributed by atoms with E-state index in [2.05, 4.69) is 27.8 Å². The lowest BCUT2D eigenvalue weighted by Crippen LogP contribution is -2.46. The number of anilines is 1. The van der Waals surface area contributed by atoms with Gasteiger partial charge >= 0.3 is 0 Å². The Kier molecular flexibility index (Phi) is 8.66. The fraction of sp³-hybridized carbons (Fsp3) is 0.484. The molecule has 2 aromatic rings. The molecule has 1 N–H and O–H groups in total. The first kappa shape index (κ1) is 29.5. The van der Waals surface area contributed by atoms with Crippen molar-refractivity contribution in [1.29, 1.82) is 0 Å². The second-order valence-electron chi connectivity index (χ2n) is 11.6. The first-order chi connectivity index (χ1) is 19.5. The molecule has 8 nitrogen and oxygen atoms in total. The van der Waals surface area contributed by atoms with Gasteiger partial charge in [-0.15, -0.1) is 0 Å². The van der Waals surface area contributed by atoms with Crippen molar-refractivity contribution in [3.05, 3.63) is 70.3 Å². The number of benzene rings is 2. The fourth-order valence-corrected chi connectivity index (χ4v) is 7.05. The van der Waals surface area contributed by atoms with Crippen molar-refractivity contribution < 1.29 is 22.7 Å². The average molecular weight is 600 g/mol. The van der Waals surface area contributed by atoms with Crippen molar-refractivity contribution in [2.45, 2.75) is 56.3 Å². The number of carbonyl (C=O) groups is 2. The lowest BCUT2D eigenvalue weighted by atomic mass is 9.70. The number of allylic oxidation sites excluding steroid dienone is 1. The number of ether oxygens (including phenoxy) is 1. The standard InChI is InChI=1S/C31H38ClN3O5S/c1-34-15-6-4-3-5-7-16-35-20-31(14-8-9-23-17-24(32)11-12-26(23)31)21-40-28-13-10-22(18-27(28)35)25(19-29(34)36)30(37)33-41(2,38)39/h4,6,10-13,17-18,25H,3,5,7-9,14-16,19-21H2,1-2H3,(H,33,37)/b6-4+/t25-,31+/m1/s1. The number of likely N-dealkylation sites (N-methyl/N-ethyl adjacent to an activating group) is 1. The van der Waals surface area contributed by atoms with Crippen LogP contribution in [0.1, 0.15) is 61.1 Å². The summed E-state index contributed by atoms with van der Waals surface area (Å²) in [6.07, 6.45) is 10.7. The minimum Gasteiger partial charge on any atom is -0.490 e. The maximum atomic E-state index is 13.3. The van der Waals surface area contributed by atoms with Gasteiger partial charge in [0.25, 0.3) is 0 Å². The zero-order valence-electron chi connectivity index (χ0n) is 23.7. The number of halogens is 1. The third kappa shape index (κ3) is 6.72. The summed E-state index contributed by atoms with van der Waals surface area (Å²) in [4.78, 5) is 30.3. The summed E-state index contributed by atoms with van der Waals surface area (Å²) in [5.74, 6) is -1.21. The largest absolute Gasteiger partial charge is 0.490 e. The van der Waals surface area contributed by atoms with E-state index in [0.29, 0.717) is 18.7 Å². The molecule has 2 heterocycles. The highest BCUT2D eigenvalue weighted by molar-refractivity contribution is 7.89. The summed E-state index contributed by atoms with van der Waals surface area (Å²) in [5, 5.41) is 0.740. The number of nitrogens with one attached hydrogen (secondary N) is 1. The predicted molar refractivity (Wildman–Crippen MR) is 161 cm³/mol. The van der Waals surface area contributed by atoms with E-state index in [-0.39, 0.29) is 17.7 Å². The first-order valence-electron chi connectivity index (χ1n) is 14.3. The highest BCUT2D eigenvalue weighted by Crippen LogP contribution is 2.45. The van der Waals surface area contributed by atoms with Crippen LogP contribution in [0, 0.1) is 0 Å². The van der Waals surface area contributed by atoms with Gasteiger partial charge in [-0.2, -0.15) is 0 Å². The normalized spacial score (nSPS) is 24.4. The maximum Gasteiger partial charge on any atom is 0.241 e. The van der Waals surface area contributed by atoms with Crippen LogP contribution in [0.4, 0.5) is 5.69 Å². The van der Waals surface area contributed by atoms with E-state index in [1.54, 1.807) is 18.0 Å². The van der Waals surface area contributed by atoms with Gasteiger partial charge in [-0.05, 0) is 79.5 Å². The summed E-state index contributed by atoms with van der Waals surface area (Å²) >= 11 is 6.37. The van der Waals surface area contributed by atoms with E-state index in [1.807, 2.05) is 24.3 Å². The second kappa shape index (κ2) is 12.1. The lowest BCUT2D eigenvalue weighted by Gasteiger charge is -2.41. The van der Waals surface area contributed by atoms with E-state index in [4.69, 9.17) is 16.3 Å². The Labute approximate surface area is 247 Å². The van der Waals surface area contributed by atoms with Crippen molar-refractivity contribution in [2.24, 2.45) is 0 Å². The number of rotatable bonds is 2. The Hall–Kier alpha value is -3.04. The molecule has 220 valence electrons. The summed E-state index contributed by atoms with van der Waals surface area (Å²) in [6, 6.07) is 11.7. The number of hydrogen-bond donors (Lipinski definition) is 1. The molecule has 5 rings (SSSR count). The molecule has 2 bridgehead atoms. The summed E-state index contributed by atoms with van der Waals surface area (Å²) in [7, 11) is -2.12. The molecule has 0 aromatic heterocycles. The molecular formula is C31H38ClN3O5S. The third-order valence-electron chi connectivity index (χ3n) is 8.47. The number of aryl methyl sites for hydroxylation is 1. The van der Waals surface area contributed by atoms with Gasteiger partial charge in [-0.3, -0.25) is 14.3 Å². The van der Waals surface area contributed by atoms with Crippen LogP contribution in [0.25, 0.3) is 0 Å². The maximum absolute atomic E-state index is 13.3. The van der Waals surface area contributed by atoms with Crippen LogP contribution < -0.4 is 14.4 Å². The van der Waals surface area contributed by atoms with Crippen LogP contribution in [-0.4, -0.2) is 64.7 Å². The Balaban J connectivity index is 1.57. The van der Waals surface area contributed by atoms with Gasteiger partial charge in [0.2, 0.25) is 21.8 Å². The topological polar surface area (TPSA) is 96.0 Å². The van der Waals surface area contributed by atoms with Crippen LogP contribution in [0.5, 0.6) is 5.75 Å². The fourth-order valence-electron chi connectivity index (χ4n) is 6.35. The second-order valence-corrected chi connectivity index (χ2v) is 13.8. The smallest absolute Gasteiger partial charge is 0.241 e. The number of carbonyl (C=O) groups excluding carboxylic acids is 2. The average Bonchev–Trinajstić information content (AvgIpc) is 3.06. The molecule has 3 aliphatic rings. The lowest BCUT2D eigenvalue weighted by molar-refractivity contribution is -0.132. The Bertz CT molecular complexity index is 1460. The molecule has 0 saturated carbocycles. The molecule has 1 spiro atoms. The van der Waals surface area contributed by atoms with Crippen molar-refractivity contribution in [2.75, 3.05) is 44.4 Å². The van der Waals surface area contributed by atoms with Gasteiger partial charge < -0.3 is 14.5 Å². The highest BCUT2D eigenvalue weighted by Gasteiger charge is 2.42.